The number of fused-ring (bicyclic) bond motifs is 4. The number of nitrogens with zero attached hydrogens (tertiary/aromatic N) is 2. The van der Waals surface area contributed by atoms with Gasteiger partial charge in [0.05, 0.1) is 7.11 Å². The van der Waals surface area contributed by atoms with E-state index in [-0.39, 0.29) is 35.3 Å². The number of carbonyl (C=O) groups is 2. The lowest BCUT2D eigenvalue weighted by Gasteiger charge is -2.43. The van der Waals surface area contributed by atoms with E-state index < -0.39 is 6.04 Å². The van der Waals surface area contributed by atoms with Crippen LogP contribution in [0.2, 0.25) is 0 Å². The van der Waals surface area contributed by atoms with Crippen LogP contribution in [0.5, 0.6) is 5.75 Å². The van der Waals surface area contributed by atoms with Crippen LogP contribution in [0.3, 0.4) is 0 Å². The standard InChI is InChI=1S/C24H30N4O4/c1-15(2)22(23(30)25-18-7-9-19(32-3)10-8-18)26-24(31)27-12-16-11-17(14-27)20-5-4-6-21(29)28(20)13-16/h4-10,15-17,22H,11-14H2,1-3H3,(H,25,30)(H,26,31)/t16?,17?,22-/m0/s1. The molecule has 1 saturated heterocycles. The molecule has 3 heterocycles. The van der Waals surface area contributed by atoms with Crippen molar-refractivity contribution < 1.29 is 14.3 Å². The highest BCUT2D eigenvalue weighted by molar-refractivity contribution is 5.97. The van der Waals surface area contributed by atoms with Crippen molar-refractivity contribution in [1.29, 1.82) is 0 Å². The summed E-state index contributed by atoms with van der Waals surface area (Å²) >= 11 is 0. The van der Waals surface area contributed by atoms with E-state index in [4.69, 9.17) is 4.74 Å². The number of likely N-dealkylation sites (tertiary alicyclic amines) is 1. The van der Waals surface area contributed by atoms with Crippen molar-refractivity contribution in [3.05, 3.63) is 58.5 Å². The monoisotopic (exact) mass is 438 g/mol. The molecular weight excluding hydrogens is 408 g/mol. The molecule has 0 aliphatic carbocycles. The molecule has 3 amide bonds. The number of aromatic nitrogens is 1. The van der Waals surface area contributed by atoms with Crippen LogP contribution in [-0.4, -0.2) is 47.6 Å². The van der Waals surface area contributed by atoms with Gasteiger partial charge in [-0.1, -0.05) is 19.9 Å². The van der Waals surface area contributed by atoms with Gasteiger partial charge in [-0.2, -0.15) is 0 Å². The Morgan fingerprint density at radius 2 is 1.81 bits per heavy atom. The van der Waals surface area contributed by atoms with Crippen LogP contribution in [0.15, 0.2) is 47.3 Å². The molecule has 2 aliphatic heterocycles. The molecule has 32 heavy (non-hydrogen) atoms. The topological polar surface area (TPSA) is 92.7 Å². The first-order valence-electron chi connectivity index (χ1n) is 11.1. The molecule has 3 atom stereocenters. The molecule has 170 valence electrons. The van der Waals surface area contributed by atoms with Gasteiger partial charge in [-0.3, -0.25) is 9.59 Å². The van der Waals surface area contributed by atoms with Crippen LogP contribution >= 0.6 is 0 Å². The molecule has 2 unspecified atom stereocenters. The van der Waals surface area contributed by atoms with Gasteiger partial charge in [0.1, 0.15) is 11.8 Å². The highest BCUT2D eigenvalue weighted by Crippen LogP contribution is 2.35. The van der Waals surface area contributed by atoms with E-state index in [9.17, 15) is 14.4 Å². The van der Waals surface area contributed by atoms with Gasteiger partial charge in [-0.15, -0.1) is 0 Å². The Kier molecular flexibility index (Phi) is 6.21. The van der Waals surface area contributed by atoms with Crippen LogP contribution in [0.4, 0.5) is 10.5 Å². The average molecular weight is 439 g/mol. The van der Waals surface area contributed by atoms with Crippen molar-refractivity contribution in [2.24, 2.45) is 11.8 Å². The fourth-order valence-electron chi connectivity index (χ4n) is 4.72. The summed E-state index contributed by atoms with van der Waals surface area (Å²) in [5.41, 5.74) is 1.65. The Hall–Kier alpha value is -3.29. The van der Waals surface area contributed by atoms with Gasteiger partial charge < -0.3 is 24.8 Å². The molecule has 2 bridgehead atoms. The van der Waals surface area contributed by atoms with Crippen molar-refractivity contribution in [2.45, 2.75) is 38.8 Å². The van der Waals surface area contributed by atoms with Crippen LogP contribution in [0.1, 0.15) is 31.9 Å². The average Bonchev–Trinajstić information content (AvgIpc) is 2.78. The first-order valence-corrected chi connectivity index (χ1v) is 11.1. The second kappa shape index (κ2) is 9.06. The predicted octanol–water partition coefficient (Wildman–Crippen LogP) is 2.65. The number of carbonyl (C=O) groups excluding carboxylic acids is 2. The second-order valence-corrected chi connectivity index (χ2v) is 8.99. The van der Waals surface area contributed by atoms with Gasteiger partial charge in [-0.05, 0) is 48.6 Å². The molecule has 8 nitrogen and oxygen atoms in total. The molecule has 2 aromatic rings. The van der Waals surface area contributed by atoms with E-state index in [1.54, 1.807) is 48.4 Å². The lowest BCUT2D eigenvalue weighted by molar-refractivity contribution is -0.118. The Morgan fingerprint density at radius 1 is 1.06 bits per heavy atom. The van der Waals surface area contributed by atoms with E-state index in [1.807, 2.05) is 24.5 Å². The highest BCUT2D eigenvalue weighted by atomic mass is 16.5. The third-order valence-electron chi connectivity index (χ3n) is 6.35. The smallest absolute Gasteiger partial charge is 0.318 e. The molecule has 1 aromatic heterocycles. The molecule has 1 aromatic carbocycles. The lowest BCUT2D eigenvalue weighted by Crippen LogP contribution is -2.56. The summed E-state index contributed by atoms with van der Waals surface area (Å²) in [6.45, 7) is 5.56. The first-order chi connectivity index (χ1) is 15.4. The number of amides is 3. The number of hydrogen-bond donors (Lipinski definition) is 2. The summed E-state index contributed by atoms with van der Waals surface area (Å²) in [6.07, 6.45) is 0.971. The number of rotatable bonds is 5. The quantitative estimate of drug-likeness (QED) is 0.751. The Balaban J connectivity index is 1.43. The van der Waals surface area contributed by atoms with Gasteiger partial charge in [0.15, 0.2) is 0 Å². The molecule has 4 rings (SSSR count). The van der Waals surface area contributed by atoms with E-state index in [1.165, 1.54) is 0 Å². The minimum absolute atomic E-state index is 0.0187. The minimum Gasteiger partial charge on any atom is -0.497 e. The predicted molar refractivity (Wildman–Crippen MR) is 122 cm³/mol. The van der Waals surface area contributed by atoms with Crippen molar-refractivity contribution in [3.63, 3.8) is 0 Å². The SMILES string of the molecule is COc1ccc(NC(=O)[C@@H](NC(=O)N2CC3CC(C2)c2cccc(=O)n2C3)C(C)C)cc1. The third kappa shape index (κ3) is 4.49. The van der Waals surface area contributed by atoms with E-state index in [2.05, 4.69) is 10.6 Å². The maximum absolute atomic E-state index is 13.1. The number of pyridine rings is 1. The zero-order valence-electron chi connectivity index (χ0n) is 18.7. The van der Waals surface area contributed by atoms with Crippen molar-refractivity contribution in [3.8, 4) is 5.75 Å². The van der Waals surface area contributed by atoms with Gasteiger partial charge >= 0.3 is 6.03 Å². The van der Waals surface area contributed by atoms with Crippen LogP contribution in [0.25, 0.3) is 0 Å². The fourth-order valence-corrected chi connectivity index (χ4v) is 4.72. The summed E-state index contributed by atoms with van der Waals surface area (Å²) in [5, 5.41) is 5.81. The van der Waals surface area contributed by atoms with Gasteiger partial charge in [0.25, 0.3) is 5.56 Å². The van der Waals surface area contributed by atoms with E-state index in [0.717, 1.165) is 12.1 Å². The molecule has 2 aliphatic rings. The maximum atomic E-state index is 13.1. The zero-order chi connectivity index (χ0) is 22.8. The molecule has 8 heteroatoms. The maximum Gasteiger partial charge on any atom is 0.318 e. The second-order valence-electron chi connectivity index (χ2n) is 8.99. The molecular formula is C24H30N4O4. The number of ether oxygens (including phenoxy) is 1. The highest BCUT2D eigenvalue weighted by Gasteiger charge is 2.37. The third-order valence-corrected chi connectivity index (χ3v) is 6.35. The number of nitrogens with one attached hydrogen (secondary N) is 2. The number of hydrogen-bond acceptors (Lipinski definition) is 4. The Bertz CT molecular complexity index is 1050. The summed E-state index contributed by atoms with van der Waals surface area (Å²) in [6, 6.07) is 11.5. The fraction of sp³-hybridized carbons (Fsp3) is 0.458. The van der Waals surface area contributed by atoms with Gasteiger partial charge in [-0.25, -0.2) is 4.79 Å². The van der Waals surface area contributed by atoms with Crippen LogP contribution < -0.4 is 20.9 Å². The van der Waals surface area contributed by atoms with Gasteiger partial charge in [0.2, 0.25) is 5.91 Å². The Labute approximate surface area is 187 Å². The summed E-state index contributed by atoms with van der Waals surface area (Å²) in [5.74, 6) is 0.732. The largest absolute Gasteiger partial charge is 0.497 e. The molecule has 0 spiro atoms. The van der Waals surface area contributed by atoms with E-state index >= 15 is 0 Å². The number of benzene rings is 1. The van der Waals surface area contributed by atoms with Crippen molar-refractivity contribution in [2.75, 3.05) is 25.5 Å². The number of methoxy groups -OCH3 is 1. The lowest BCUT2D eigenvalue weighted by atomic mass is 9.83. The van der Waals surface area contributed by atoms with Crippen LogP contribution in [-0.2, 0) is 11.3 Å². The van der Waals surface area contributed by atoms with E-state index in [0.29, 0.717) is 31.1 Å². The normalized spacial score (nSPS) is 20.3. The molecule has 1 fully saturated rings. The molecule has 0 saturated carbocycles. The zero-order valence-corrected chi connectivity index (χ0v) is 18.7. The molecule has 2 N–H and O–H groups in total. The van der Waals surface area contributed by atoms with Crippen LogP contribution in [0, 0.1) is 11.8 Å². The van der Waals surface area contributed by atoms with Crippen molar-refractivity contribution in [1.82, 2.24) is 14.8 Å². The number of piperidine rings is 1. The number of urea groups is 1. The minimum atomic E-state index is -0.665. The van der Waals surface area contributed by atoms with Gasteiger partial charge in [0, 0.05) is 43.0 Å². The number of anilines is 1. The van der Waals surface area contributed by atoms with Crippen molar-refractivity contribution >= 4 is 17.6 Å². The first kappa shape index (κ1) is 21.9. The summed E-state index contributed by atoms with van der Waals surface area (Å²) in [7, 11) is 1.59. The molecule has 0 radical (unpaired) electrons. The Morgan fingerprint density at radius 3 is 2.50 bits per heavy atom. The summed E-state index contributed by atoms with van der Waals surface area (Å²) < 4.78 is 6.99. The summed E-state index contributed by atoms with van der Waals surface area (Å²) in [4.78, 5) is 40.0.